The zero-order chi connectivity index (χ0) is 18.8. The van der Waals surface area contributed by atoms with E-state index in [1.54, 1.807) is 24.4 Å². The van der Waals surface area contributed by atoms with Gasteiger partial charge in [0.25, 0.3) is 5.56 Å². The summed E-state index contributed by atoms with van der Waals surface area (Å²) in [6.45, 7) is 6.44. The normalized spacial score (nSPS) is 19.1. The highest BCUT2D eigenvalue weighted by Gasteiger charge is 2.23. The monoisotopic (exact) mass is 389 g/mol. The van der Waals surface area contributed by atoms with Crippen LogP contribution in [0.25, 0.3) is 5.65 Å². The second-order valence-corrected chi connectivity index (χ2v) is 7.74. The van der Waals surface area contributed by atoms with E-state index in [1.165, 1.54) is 4.40 Å². The average molecular weight is 390 g/mol. The summed E-state index contributed by atoms with van der Waals surface area (Å²) in [5.41, 5.74) is 1.26. The summed E-state index contributed by atoms with van der Waals surface area (Å²) in [7, 11) is 0. The maximum absolute atomic E-state index is 12.3. The molecule has 2 saturated heterocycles. The lowest BCUT2D eigenvalue weighted by atomic mass is 10.2. The van der Waals surface area contributed by atoms with Gasteiger partial charge in [0.05, 0.1) is 17.3 Å². The van der Waals surface area contributed by atoms with Gasteiger partial charge in [-0.05, 0) is 25.0 Å². The Morgan fingerprint density at radius 3 is 2.48 bits per heavy atom. The molecule has 7 nitrogen and oxygen atoms in total. The van der Waals surface area contributed by atoms with Gasteiger partial charge in [-0.25, -0.2) is 4.98 Å². The topological polar surface area (TPSA) is 61.2 Å². The van der Waals surface area contributed by atoms with E-state index < -0.39 is 0 Å². The largest absolute Gasteiger partial charge is 0.342 e. The maximum Gasteiger partial charge on any atom is 0.258 e. The van der Waals surface area contributed by atoms with E-state index in [0.29, 0.717) is 23.8 Å². The van der Waals surface area contributed by atoms with Crippen LogP contribution in [0, 0.1) is 0 Å². The molecule has 0 N–H and O–H groups in total. The van der Waals surface area contributed by atoms with Crippen molar-refractivity contribution in [2.45, 2.75) is 19.4 Å². The number of aromatic nitrogens is 2. The van der Waals surface area contributed by atoms with E-state index >= 15 is 0 Å². The van der Waals surface area contributed by atoms with Crippen molar-refractivity contribution in [1.82, 2.24) is 24.1 Å². The Balaban J connectivity index is 1.34. The van der Waals surface area contributed by atoms with Crippen LogP contribution in [-0.2, 0) is 11.3 Å². The molecule has 0 atom stereocenters. The fourth-order valence-electron chi connectivity index (χ4n) is 3.80. The molecule has 2 aromatic heterocycles. The Labute approximate surface area is 163 Å². The van der Waals surface area contributed by atoms with Gasteiger partial charge in [0.1, 0.15) is 5.65 Å². The SMILES string of the molecule is O=C(CN1CCN(Cc2cc(=O)n3cc(Cl)ccc3n2)CC1)N1CCCC1. The minimum absolute atomic E-state index is 0.118. The summed E-state index contributed by atoms with van der Waals surface area (Å²) in [6.07, 6.45) is 3.85. The molecule has 4 rings (SSSR count). The number of hydrogen-bond acceptors (Lipinski definition) is 5. The molecule has 0 aliphatic carbocycles. The molecule has 4 heterocycles. The van der Waals surface area contributed by atoms with Crippen molar-refractivity contribution in [3.8, 4) is 0 Å². The minimum atomic E-state index is -0.118. The summed E-state index contributed by atoms with van der Waals surface area (Å²) in [6, 6.07) is 5.07. The predicted molar refractivity (Wildman–Crippen MR) is 104 cm³/mol. The number of rotatable bonds is 4. The summed E-state index contributed by atoms with van der Waals surface area (Å²) in [4.78, 5) is 35.6. The van der Waals surface area contributed by atoms with Crippen molar-refractivity contribution in [2.75, 3.05) is 45.8 Å². The lowest BCUT2D eigenvalue weighted by molar-refractivity contribution is -0.131. The minimum Gasteiger partial charge on any atom is -0.342 e. The molecule has 2 aliphatic rings. The summed E-state index contributed by atoms with van der Waals surface area (Å²) < 4.78 is 1.47. The average Bonchev–Trinajstić information content (AvgIpc) is 3.19. The van der Waals surface area contributed by atoms with Gasteiger partial charge in [0.15, 0.2) is 0 Å². The molecule has 2 fully saturated rings. The van der Waals surface area contributed by atoms with Gasteiger partial charge in [-0.3, -0.25) is 23.8 Å². The third kappa shape index (κ3) is 4.31. The van der Waals surface area contributed by atoms with E-state index in [9.17, 15) is 9.59 Å². The first-order chi connectivity index (χ1) is 13.1. The van der Waals surface area contributed by atoms with Crippen molar-refractivity contribution in [2.24, 2.45) is 0 Å². The van der Waals surface area contributed by atoms with Gasteiger partial charge in [-0.15, -0.1) is 0 Å². The first-order valence-electron chi connectivity index (χ1n) is 9.49. The zero-order valence-electron chi connectivity index (χ0n) is 15.3. The number of carbonyl (C=O) groups excluding carboxylic acids is 1. The standard InChI is InChI=1S/C19H24ClN5O2/c20-15-3-4-17-21-16(11-18(26)25(17)12-15)13-22-7-9-23(10-8-22)14-19(27)24-5-1-2-6-24/h3-4,11-12H,1-2,5-10,13-14H2. The molecule has 2 aromatic rings. The second kappa shape index (κ2) is 7.96. The number of carbonyl (C=O) groups is 1. The van der Waals surface area contributed by atoms with Crippen LogP contribution in [0.1, 0.15) is 18.5 Å². The second-order valence-electron chi connectivity index (χ2n) is 7.30. The molecule has 0 bridgehead atoms. The van der Waals surface area contributed by atoms with Crippen molar-refractivity contribution in [3.63, 3.8) is 0 Å². The van der Waals surface area contributed by atoms with Gasteiger partial charge in [-0.1, -0.05) is 11.6 Å². The quantitative estimate of drug-likeness (QED) is 0.783. The van der Waals surface area contributed by atoms with Crippen LogP contribution in [0.5, 0.6) is 0 Å². The van der Waals surface area contributed by atoms with E-state index in [-0.39, 0.29) is 11.5 Å². The summed E-state index contributed by atoms with van der Waals surface area (Å²) >= 11 is 5.95. The molecule has 0 radical (unpaired) electrons. The van der Waals surface area contributed by atoms with Crippen molar-refractivity contribution >= 4 is 23.2 Å². The van der Waals surface area contributed by atoms with Crippen LogP contribution >= 0.6 is 11.6 Å². The summed E-state index contributed by atoms with van der Waals surface area (Å²) in [5.74, 6) is 0.254. The van der Waals surface area contributed by atoms with Crippen LogP contribution in [0.3, 0.4) is 0 Å². The lowest BCUT2D eigenvalue weighted by Gasteiger charge is -2.34. The Morgan fingerprint density at radius 1 is 1.04 bits per heavy atom. The fraction of sp³-hybridized carbons (Fsp3) is 0.526. The molecule has 0 aromatic carbocycles. The number of halogens is 1. The Morgan fingerprint density at radius 2 is 1.74 bits per heavy atom. The fourth-order valence-corrected chi connectivity index (χ4v) is 3.96. The third-order valence-corrected chi connectivity index (χ3v) is 5.57. The molecule has 0 saturated carbocycles. The number of fused-ring (bicyclic) bond motifs is 1. The molecular weight excluding hydrogens is 366 g/mol. The van der Waals surface area contributed by atoms with Crippen molar-refractivity contribution < 1.29 is 4.79 Å². The van der Waals surface area contributed by atoms with Gasteiger partial charge in [0, 0.05) is 58.1 Å². The molecule has 2 aliphatic heterocycles. The molecular formula is C19H24ClN5O2. The van der Waals surface area contributed by atoms with Crippen LogP contribution < -0.4 is 5.56 Å². The Hall–Kier alpha value is -1.96. The summed E-state index contributed by atoms with van der Waals surface area (Å²) in [5, 5.41) is 0.513. The number of hydrogen-bond donors (Lipinski definition) is 0. The molecule has 0 spiro atoms. The van der Waals surface area contributed by atoms with E-state index in [4.69, 9.17) is 11.6 Å². The van der Waals surface area contributed by atoms with E-state index in [2.05, 4.69) is 14.8 Å². The Kier molecular flexibility index (Phi) is 5.43. The number of pyridine rings is 1. The van der Waals surface area contributed by atoms with Crippen molar-refractivity contribution in [1.29, 1.82) is 0 Å². The third-order valence-electron chi connectivity index (χ3n) is 5.34. The molecule has 144 valence electrons. The molecule has 1 amide bonds. The molecule has 8 heteroatoms. The highest BCUT2D eigenvalue weighted by molar-refractivity contribution is 6.30. The van der Waals surface area contributed by atoms with Gasteiger partial charge in [-0.2, -0.15) is 0 Å². The first-order valence-corrected chi connectivity index (χ1v) is 9.87. The van der Waals surface area contributed by atoms with Crippen LogP contribution in [-0.4, -0.2) is 75.8 Å². The van der Waals surface area contributed by atoms with E-state index in [0.717, 1.165) is 57.8 Å². The van der Waals surface area contributed by atoms with Crippen molar-refractivity contribution in [3.05, 3.63) is 45.5 Å². The lowest BCUT2D eigenvalue weighted by Crippen LogP contribution is -2.49. The van der Waals surface area contributed by atoms with Crippen LogP contribution in [0.15, 0.2) is 29.2 Å². The van der Waals surface area contributed by atoms with Gasteiger partial charge in [0.2, 0.25) is 5.91 Å². The first kappa shape index (κ1) is 18.4. The number of amides is 1. The molecule has 27 heavy (non-hydrogen) atoms. The van der Waals surface area contributed by atoms with Crippen LogP contribution in [0.4, 0.5) is 0 Å². The predicted octanol–water partition coefficient (Wildman–Crippen LogP) is 1.09. The number of piperazine rings is 1. The van der Waals surface area contributed by atoms with E-state index in [1.807, 2.05) is 4.90 Å². The van der Waals surface area contributed by atoms with Gasteiger partial charge < -0.3 is 4.90 Å². The highest BCUT2D eigenvalue weighted by Crippen LogP contribution is 2.12. The highest BCUT2D eigenvalue weighted by atomic mass is 35.5. The Bertz CT molecular complexity index is 885. The number of nitrogens with zero attached hydrogens (tertiary/aromatic N) is 5. The van der Waals surface area contributed by atoms with Gasteiger partial charge >= 0.3 is 0 Å². The van der Waals surface area contributed by atoms with Crippen LogP contribution in [0.2, 0.25) is 5.02 Å². The molecule has 0 unspecified atom stereocenters. The smallest absolute Gasteiger partial charge is 0.258 e. The number of likely N-dealkylation sites (tertiary alicyclic amines) is 1. The zero-order valence-corrected chi connectivity index (χ0v) is 16.1. The maximum atomic E-state index is 12.3.